The van der Waals surface area contributed by atoms with E-state index in [9.17, 15) is 25.2 Å². The summed E-state index contributed by atoms with van der Waals surface area (Å²) in [6.45, 7) is 46.0. The molecule has 8 atom stereocenters. The summed E-state index contributed by atoms with van der Waals surface area (Å²) < 4.78 is 59.2. The summed E-state index contributed by atoms with van der Waals surface area (Å²) >= 11 is 0. The Morgan fingerprint density at radius 1 is 0.441 bits per heavy atom. The first-order valence-electron chi connectivity index (χ1n) is 25.3. The molecule has 6 rings (SSSR count). The Balaban J connectivity index is 0.000000324. The fourth-order valence-corrected chi connectivity index (χ4v) is 9.83. The fourth-order valence-electron chi connectivity index (χ4n) is 9.83. The Hall–Kier alpha value is -1.24. The summed E-state index contributed by atoms with van der Waals surface area (Å²) in [4.78, 5) is 0. The van der Waals surface area contributed by atoms with E-state index < -0.39 is 7.81 Å². The number of allylic oxidation sites excluding steroid dienone is 2. The van der Waals surface area contributed by atoms with E-state index in [-0.39, 0.29) is 30.9 Å². The van der Waals surface area contributed by atoms with Crippen LogP contribution >= 0.6 is 7.81 Å². The first-order valence-corrected chi connectivity index (χ1v) is 27.3. The summed E-state index contributed by atoms with van der Waals surface area (Å²) in [5.41, 5.74) is 11.5. The maximum atomic E-state index is 9.87. The number of nitrogens with zero attached hydrogens (tertiary/aromatic N) is 4. The van der Waals surface area contributed by atoms with Crippen molar-refractivity contribution in [1.82, 2.24) is 0 Å². The van der Waals surface area contributed by atoms with Gasteiger partial charge < -0.3 is 21.3 Å². The van der Waals surface area contributed by atoms with Gasteiger partial charge in [0.25, 0.3) is 0 Å². The van der Waals surface area contributed by atoms with Gasteiger partial charge in [-0.3, -0.25) is 11.5 Å². The summed E-state index contributed by atoms with van der Waals surface area (Å²) in [5.74, 6) is 5.86. The standard InChI is InChI=1S/2C19H29N.C18H34N2.F6P.Ir/c2*1-18(2,3)15-9-7-14(8-10-15)17-13-16(11-12-20-17)19(4,5)6;1-17(2,3)13-7-9-19-15(11-13)16-12-14(8-10-20-16)18(4,5)6;1-7(2,3,4,5)6;/h2*7,9-10,16-17H,11-13H2,1-6H3;13-16H,7-12H2,1-6H3;;/q3*-2;-1;. The number of piperidine rings is 4. The van der Waals surface area contributed by atoms with Crippen molar-refractivity contribution >= 4 is 7.81 Å². The van der Waals surface area contributed by atoms with Crippen LogP contribution in [0.3, 0.4) is 0 Å². The maximum absolute atomic E-state index is 10.7. The van der Waals surface area contributed by atoms with Gasteiger partial charge in [-0.05, 0) is 45.3 Å². The number of hydrogen-bond acceptors (Lipinski definition) is 0. The van der Waals surface area contributed by atoms with Gasteiger partial charge >= 0.3 is 33.0 Å². The van der Waals surface area contributed by atoms with Gasteiger partial charge in [-0.2, -0.15) is 36.4 Å². The molecule has 0 spiro atoms. The van der Waals surface area contributed by atoms with Crippen LogP contribution in [-0.4, -0.2) is 50.3 Å². The average Bonchev–Trinajstić information content (AvgIpc) is 3.19. The van der Waals surface area contributed by atoms with Gasteiger partial charge in [0.1, 0.15) is 0 Å². The molecular weight excluding hydrogens is 1070 g/mol. The number of rotatable bonds is 3. The van der Waals surface area contributed by atoms with Crippen molar-refractivity contribution in [2.75, 3.05) is 26.2 Å². The van der Waals surface area contributed by atoms with Crippen LogP contribution < -0.4 is 0 Å². The summed E-state index contributed by atoms with van der Waals surface area (Å²) in [6.07, 6.45) is 23.2. The molecule has 4 saturated heterocycles. The SMILES string of the molecule is CC(C)(C)C1CC[N-]C(C2CC(C(C)(C)C)CC[N-]2)C1.CC(C)(C)[C-]1C=C=C(C2CC(C(C)(C)C)CC[N-]2)C=C1.CC(C)(C)[C-]1C=C=C(C2CC(C(C)(C)C)CC[N-]2)C=C1.F[P-](F)(F)(F)(F)F.[Ir]. The molecule has 4 aliphatic heterocycles. The van der Waals surface area contributed by atoms with Crippen molar-refractivity contribution in [2.24, 2.45) is 56.2 Å². The molecule has 1 radical (unpaired) electrons. The first-order chi connectivity index (χ1) is 30.0. The Morgan fingerprint density at radius 2 is 0.691 bits per heavy atom. The van der Waals surface area contributed by atoms with Crippen molar-refractivity contribution in [2.45, 2.75) is 200 Å². The zero-order valence-electron chi connectivity index (χ0n) is 45.4. The van der Waals surface area contributed by atoms with E-state index >= 15 is 0 Å². The first kappa shape index (κ1) is 62.9. The van der Waals surface area contributed by atoms with E-state index in [0.29, 0.717) is 45.8 Å². The van der Waals surface area contributed by atoms with Crippen molar-refractivity contribution in [1.29, 1.82) is 0 Å². The normalized spacial score (nSPS) is 29.5. The second kappa shape index (κ2) is 22.9. The zero-order chi connectivity index (χ0) is 51.3. The van der Waals surface area contributed by atoms with E-state index in [0.717, 1.165) is 49.9 Å². The minimum absolute atomic E-state index is 0. The van der Waals surface area contributed by atoms with Gasteiger partial charge in [0.15, 0.2) is 0 Å². The Labute approximate surface area is 425 Å². The third-order valence-corrected chi connectivity index (χ3v) is 14.9. The summed E-state index contributed by atoms with van der Waals surface area (Å²) in [5, 5.41) is 19.5. The van der Waals surface area contributed by atoms with Crippen molar-refractivity contribution in [3.63, 3.8) is 0 Å². The molecule has 0 bridgehead atoms. The van der Waals surface area contributed by atoms with Crippen molar-refractivity contribution < 1.29 is 45.3 Å². The largest absolute Gasteiger partial charge is 0 e. The van der Waals surface area contributed by atoms with Crippen LogP contribution in [0.4, 0.5) is 25.2 Å². The van der Waals surface area contributed by atoms with Crippen LogP contribution in [0.5, 0.6) is 0 Å². The summed E-state index contributed by atoms with van der Waals surface area (Å²) in [7, 11) is -10.7. The third-order valence-electron chi connectivity index (χ3n) is 14.9. The molecule has 0 amide bonds. The molecule has 4 nitrogen and oxygen atoms in total. The van der Waals surface area contributed by atoms with E-state index in [4.69, 9.17) is 21.3 Å². The molecule has 4 fully saturated rings. The minimum Gasteiger partial charge on any atom is 0 e. The zero-order valence-corrected chi connectivity index (χ0v) is 48.7. The van der Waals surface area contributed by atoms with Gasteiger partial charge in [0.05, 0.1) is 0 Å². The van der Waals surface area contributed by atoms with E-state index in [1.807, 2.05) is 0 Å². The van der Waals surface area contributed by atoms with E-state index in [1.165, 1.54) is 74.3 Å². The summed E-state index contributed by atoms with van der Waals surface area (Å²) in [6, 6.07) is 1.69. The van der Waals surface area contributed by atoms with Crippen LogP contribution in [0.15, 0.2) is 59.1 Å². The second-order valence-electron chi connectivity index (χ2n) is 26.7. The van der Waals surface area contributed by atoms with Crippen molar-refractivity contribution in [3.05, 3.63) is 92.2 Å². The van der Waals surface area contributed by atoms with Gasteiger partial charge in [-0.25, -0.2) is 0 Å². The molecule has 0 aromatic carbocycles. The Bertz CT molecular complexity index is 1670. The van der Waals surface area contributed by atoms with E-state index in [2.05, 4.69) is 173 Å². The maximum Gasteiger partial charge on any atom is 0 e. The molecule has 4 heterocycles. The monoisotopic (exact) mass is 1160 g/mol. The van der Waals surface area contributed by atoms with Gasteiger partial charge in [-0.1, -0.05) is 187 Å². The third kappa shape index (κ3) is 23.1. The smallest absolute Gasteiger partial charge is 0 e. The molecule has 68 heavy (non-hydrogen) atoms. The predicted octanol–water partition coefficient (Wildman–Crippen LogP) is 19.7. The molecule has 0 N–H and O–H groups in total. The molecule has 0 saturated carbocycles. The number of hydrogen-bond donors (Lipinski definition) is 0. The van der Waals surface area contributed by atoms with Crippen molar-refractivity contribution in [3.8, 4) is 0 Å². The predicted molar refractivity (Wildman–Crippen MR) is 277 cm³/mol. The Morgan fingerprint density at radius 3 is 0.912 bits per heavy atom. The van der Waals surface area contributed by atoms with Crippen LogP contribution in [-0.2, 0) is 20.1 Å². The number of halogens is 6. The van der Waals surface area contributed by atoms with Crippen LogP contribution in [0.25, 0.3) is 21.3 Å². The minimum atomic E-state index is -10.7. The fraction of sp³-hybridized carbons (Fsp3) is 0.786. The molecule has 12 heteroatoms. The quantitative estimate of drug-likeness (QED) is 0.117. The van der Waals surface area contributed by atoms with Crippen LogP contribution in [0, 0.1) is 68.0 Å². The molecule has 6 aliphatic rings. The molecule has 0 aromatic rings. The Kier molecular flexibility index (Phi) is 21.2. The second-order valence-corrected chi connectivity index (χ2v) is 28.6. The molecule has 8 unspecified atom stereocenters. The van der Waals surface area contributed by atoms with Gasteiger partial charge in [-0.15, -0.1) is 73.4 Å². The molecule has 399 valence electrons. The van der Waals surface area contributed by atoms with Gasteiger partial charge in [0, 0.05) is 20.1 Å². The van der Waals surface area contributed by atoms with Crippen LogP contribution in [0.2, 0.25) is 0 Å². The van der Waals surface area contributed by atoms with E-state index in [1.54, 1.807) is 0 Å². The topological polar surface area (TPSA) is 56.4 Å². The molecular formula is C56H92F6IrN4P-7. The average molecular weight is 1160 g/mol. The van der Waals surface area contributed by atoms with Crippen LogP contribution in [0.1, 0.15) is 176 Å². The van der Waals surface area contributed by atoms with Gasteiger partial charge in [0.2, 0.25) is 0 Å². The molecule has 0 aromatic heterocycles. The molecule has 2 aliphatic carbocycles.